The zero-order valence-corrected chi connectivity index (χ0v) is 16.1. The van der Waals surface area contributed by atoms with Crippen molar-refractivity contribution in [2.24, 2.45) is 0 Å². The van der Waals surface area contributed by atoms with Crippen molar-refractivity contribution in [3.05, 3.63) is 95.1 Å². The van der Waals surface area contributed by atoms with Crippen LogP contribution in [0.4, 0.5) is 0 Å². The molecule has 3 rings (SSSR count). The molecule has 0 fully saturated rings. The van der Waals surface area contributed by atoms with Crippen LogP contribution >= 0.6 is 0 Å². The van der Waals surface area contributed by atoms with E-state index in [1.165, 1.54) is 16.7 Å². The molecule has 0 aliphatic heterocycles. The molecule has 0 atom stereocenters. The lowest BCUT2D eigenvalue weighted by Crippen LogP contribution is -2.12. The summed E-state index contributed by atoms with van der Waals surface area (Å²) in [7, 11) is 0. The average Bonchev–Trinajstić information content (AvgIpc) is 2.70. The van der Waals surface area contributed by atoms with Gasteiger partial charge in [0.15, 0.2) is 11.5 Å². The topological polar surface area (TPSA) is 30.5 Å². The third kappa shape index (κ3) is 5.87. The molecule has 0 aliphatic rings. The quantitative estimate of drug-likeness (QED) is 0.564. The Kier molecular flexibility index (Phi) is 6.89. The zero-order chi connectivity index (χ0) is 18.9. The summed E-state index contributed by atoms with van der Waals surface area (Å²) in [6, 6.07) is 24.9. The van der Waals surface area contributed by atoms with E-state index in [0.717, 1.165) is 30.2 Å². The summed E-state index contributed by atoms with van der Waals surface area (Å²) in [5.41, 5.74) is 4.86. The number of nitrogens with one attached hydrogen (secondary N) is 1. The molecule has 0 radical (unpaired) electrons. The van der Waals surface area contributed by atoms with Gasteiger partial charge in [-0.1, -0.05) is 66.2 Å². The van der Waals surface area contributed by atoms with E-state index >= 15 is 0 Å². The summed E-state index contributed by atoms with van der Waals surface area (Å²) in [5.74, 6) is 1.58. The molecule has 0 heterocycles. The lowest BCUT2D eigenvalue weighted by molar-refractivity contribution is 0.269. The van der Waals surface area contributed by atoms with Crippen LogP contribution in [-0.4, -0.2) is 6.61 Å². The molecule has 0 spiro atoms. The SMILES string of the molecule is CCOc1cc(CNCc2ccccc2)ccc1OCc1ccc(C)cc1. The summed E-state index contributed by atoms with van der Waals surface area (Å²) in [4.78, 5) is 0. The van der Waals surface area contributed by atoms with Crippen molar-refractivity contribution in [2.75, 3.05) is 6.61 Å². The molecule has 0 aromatic heterocycles. The third-order valence-electron chi connectivity index (χ3n) is 4.32. The van der Waals surface area contributed by atoms with Crippen molar-refractivity contribution in [1.29, 1.82) is 0 Å². The summed E-state index contributed by atoms with van der Waals surface area (Å²) < 4.78 is 11.8. The first-order valence-electron chi connectivity index (χ1n) is 9.43. The van der Waals surface area contributed by atoms with E-state index in [0.29, 0.717) is 13.2 Å². The molecule has 0 unspecified atom stereocenters. The monoisotopic (exact) mass is 361 g/mol. The van der Waals surface area contributed by atoms with Gasteiger partial charge in [-0.05, 0) is 42.7 Å². The summed E-state index contributed by atoms with van der Waals surface area (Å²) in [6.07, 6.45) is 0. The second kappa shape index (κ2) is 9.79. The minimum Gasteiger partial charge on any atom is -0.490 e. The normalized spacial score (nSPS) is 10.6. The molecule has 3 heteroatoms. The fourth-order valence-electron chi connectivity index (χ4n) is 2.84. The van der Waals surface area contributed by atoms with Gasteiger partial charge in [-0.25, -0.2) is 0 Å². The number of hydrogen-bond donors (Lipinski definition) is 1. The number of rotatable bonds is 9. The predicted octanol–water partition coefficient (Wildman–Crippen LogP) is 5.26. The Balaban J connectivity index is 1.60. The van der Waals surface area contributed by atoms with Crippen molar-refractivity contribution in [3.8, 4) is 11.5 Å². The predicted molar refractivity (Wildman–Crippen MR) is 110 cm³/mol. The van der Waals surface area contributed by atoms with E-state index in [9.17, 15) is 0 Å². The molecule has 3 aromatic rings. The Hall–Kier alpha value is -2.78. The Morgan fingerprint density at radius 1 is 0.704 bits per heavy atom. The van der Waals surface area contributed by atoms with E-state index in [4.69, 9.17) is 9.47 Å². The van der Waals surface area contributed by atoms with Crippen molar-refractivity contribution < 1.29 is 9.47 Å². The van der Waals surface area contributed by atoms with Gasteiger partial charge in [0.25, 0.3) is 0 Å². The van der Waals surface area contributed by atoms with Crippen LogP contribution in [0.1, 0.15) is 29.2 Å². The Morgan fingerprint density at radius 3 is 2.15 bits per heavy atom. The van der Waals surface area contributed by atoms with Gasteiger partial charge in [0.2, 0.25) is 0 Å². The molecule has 3 nitrogen and oxygen atoms in total. The van der Waals surface area contributed by atoms with Crippen LogP contribution in [0.5, 0.6) is 11.5 Å². The molecule has 0 amide bonds. The van der Waals surface area contributed by atoms with Gasteiger partial charge >= 0.3 is 0 Å². The van der Waals surface area contributed by atoms with Crippen LogP contribution in [-0.2, 0) is 19.7 Å². The Bertz CT molecular complexity index is 829. The molecule has 1 N–H and O–H groups in total. The van der Waals surface area contributed by atoms with Gasteiger partial charge in [-0.3, -0.25) is 0 Å². The highest BCUT2D eigenvalue weighted by Gasteiger charge is 2.07. The highest BCUT2D eigenvalue weighted by Crippen LogP contribution is 2.29. The van der Waals surface area contributed by atoms with Crippen molar-refractivity contribution in [2.45, 2.75) is 33.5 Å². The Morgan fingerprint density at radius 2 is 1.41 bits per heavy atom. The first kappa shape index (κ1) is 19.0. The summed E-state index contributed by atoms with van der Waals surface area (Å²) >= 11 is 0. The van der Waals surface area contributed by atoms with Crippen molar-refractivity contribution >= 4 is 0 Å². The van der Waals surface area contributed by atoms with E-state index in [1.807, 2.05) is 19.1 Å². The lowest BCUT2D eigenvalue weighted by atomic mass is 10.1. The van der Waals surface area contributed by atoms with Crippen LogP contribution in [0.25, 0.3) is 0 Å². The standard InChI is InChI=1S/C24H27NO2/c1-3-26-24-15-22(17-25-16-20-7-5-4-6-8-20)13-14-23(24)27-18-21-11-9-19(2)10-12-21/h4-15,25H,3,16-18H2,1-2H3. The van der Waals surface area contributed by atoms with E-state index in [-0.39, 0.29) is 0 Å². The fourth-order valence-corrected chi connectivity index (χ4v) is 2.84. The minimum absolute atomic E-state index is 0.534. The molecule has 3 aromatic carbocycles. The maximum Gasteiger partial charge on any atom is 0.161 e. The van der Waals surface area contributed by atoms with Crippen LogP contribution in [0.3, 0.4) is 0 Å². The van der Waals surface area contributed by atoms with Gasteiger partial charge < -0.3 is 14.8 Å². The third-order valence-corrected chi connectivity index (χ3v) is 4.32. The maximum atomic E-state index is 6.00. The number of benzene rings is 3. The van der Waals surface area contributed by atoms with E-state index in [1.54, 1.807) is 0 Å². The first-order valence-corrected chi connectivity index (χ1v) is 9.43. The number of ether oxygens (including phenoxy) is 2. The summed E-state index contributed by atoms with van der Waals surface area (Å²) in [6.45, 7) is 6.85. The van der Waals surface area contributed by atoms with Gasteiger partial charge in [-0.15, -0.1) is 0 Å². The van der Waals surface area contributed by atoms with Gasteiger partial charge in [0, 0.05) is 13.1 Å². The van der Waals surface area contributed by atoms with Crippen LogP contribution in [0.15, 0.2) is 72.8 Å². The van der Waals surface area contributed by atoms with E-state index in [2.05, 4.69) is 72.9 Å². The molecular weight excluding hydrogens is 334 g/mol. The number of aryl methyl sites for hydroxylation is 1. The highest BCUT2D eigenvalue weighted by atomic mass is 16.5. The van der Waals surface area contributed by atoms with Gasteiger partial charge in [-0.2, -0.15) is 0 Å². The molecule has 0 saturated heterocycles. The van der Waals surface area contributed by atoms with Crippen molar-refractivity contribution in [1.82, 2.24) is 5.32 Å². The zero-order valence-electron chi connectivity index (χ0n) is 16.1. The van der Waals surface area contributed by atoms with Crippen LogP contribution < -0.4 is 14.8 Å². The molecular formula is C24H27NO2. The molecule has 27 heavy (non-hydrogen) atoms. The van der Waals surface area contributed by atoms with Gasteiger partial charge in [0.05, 0.1) is 6.61 Å². The second-order valence-electron chi connectivity index (χ2n) is 6.58. The first-order chi connectivity index (χ1) is 13.2. The smallest absolute Gasteiger partial charge is 0.161 e. The lowest BCUT2D eigenvalue weighted by Gasteiger charge is -2.14. The largest absolute Gasteiger partial charge is 0.490 e. The summed E-state index contributed by atoms with van der Waals surface area (Å²) in [5, 5.41) is 3.47. The second-order valence-corrected chi connectivity index (χ2v) is 6.58. The molecule has 0 aliphatic carbocycles. The van der Waals surface area contributed by atoms with Crippen molar-refractivity contribution in [3.63, 3.8) is 0 Å². The average molecular weight is 361 g/mol. The highest BCUT2D eigenvalue weighted by molar-refractivity contribution is 5.43. The fraction of sp³-hybridized carbons (Fsp3) is 0.250. The minimum atomic E-state index is 0.534. The van der Waals surface area contributed by atoms with Crippen LogP contribution in [0, 0.1) is 6.92 Å². The number of hydrogen-bond acceptors (Lipinski definition) is 3. The Labute approximate surface area is 162 Å². The van der Waals surface area contributed by atoms with Crippen LogP contribution in [0.2, 0.25) is 0 Å². The maximum absolute atomic E-state index is 6.00. The molecule has 0 saturated carbocycles. The molecule has 0 bridgehead atoms. The molecule has 140 valence electrons. The van der Waals surface area contributed by atoms with Gasteiger partial charge in [0.1, 0.15) is 6.61 Å². The van der Waals surface area contributed by atoms with E-state index < -0.39 is 0 Å².